The third-order valence-corrected chi connectivity index (χ3v) is 3.54. The van der Waals surface area contributed by atoms with E-state index >= 15 is 0 Å². The fourth-order valence-electron chi connectivity index (χ4n) is 2.48. The molecule has 0 aromatic heterocycles. The van der Waals surface area contributed by atoms with Crippen LogP contribution in [-0.4, -0.2) is 30.4 Å². The van der Waals surface area contributed by atoms with Crippen molar-refractivity contribution in [1.29, 1.82) is 0 Å². The minimum Gasteiger partial charge on any atom is -0.490 e. The van der Waals surface area contributed by atoms with Gasteiger partial charge in [-0.1, -0.05) is 31.5 Å². The average Bonchev–Trinajstić information content (AvgIpc) is 2.47. The highest BCUT2D eigenvalue weighted by molar-refractivity contribution is 6.32. The molecule has 1 heterocycles. The number of benzene rings is 1. The van der Waals surface area contributed by atoms with Crippen molar-refractivity contribution in [3.63, 3.8) is 0 Å². The van der Waals surface area contributed by atoms with E-state index in [-0.39, 0.29) is 6.04 Å². The lowest BCUT2D eigenvalue weighted by Crippen LogP contribution is -2.40. The van der Waals surface area contributed by atoms with Gasteiger partial charge in [0.1, 0.15) is 24.7 Å². The van der Waals surface area contributed by atoms with Crippen molar-refractivity contribution in [1.82, 2.24) is 4.90 Å². The Kier molecular flexibility index (Phi) is 4.48. The van der Waals surface area contributed by atoms with Gasteiger partial charge in [-0.15, -0.1) is 0 Å². The van der Waals surface area contributed by atoms with Crippen molar-refractivity contribution >= 4 is 17.9 Å². The highest BCUT2D eigenvalue weighted by Gasteiger charge is 2.26. The van der Waals surface area contributed by atoms with Crippen LogP contribution in [0.5, 0.6) is 5.75 Å². The van der Waals surface area contributed by atoms with Crippen LogP contribution in [0, 0.1) is 12.8 Å². The number of hydrogen-bond acceptors (Lipinski definition) is 3. The first-order valence-electron chi connectivity index (χ1n) is 6.62. The predicted molar refractivity (Wildman–Crippen MR) is 76.8 cm³/mol. The number of fused-ring (bicyclic) bond motifs is 1. The zero-order chi connectivity index (χ0) is 14.0. The van der Waals surface area contributed by atoms with Crippen LogP contribution in [0.25, 0.3) is 0 Å². The molecule has 3 nitrogen and oxygen atoms in total. The Bertz CT molecular complexity index is 473. The van der Waals surface area contributed by atoms with Gasteiger partial charge < -0.3 is 9.53 Å². The zero-order valence-corrected chi connectivity index (χ0v) is 12.4. The molecule has 4 heteroatoms. The Labute approximate surface area is 119 Å². The monoisotopic (exact) mass is 281 g/mol. The Balaban J connectivity index is 2.34. The molecule has 0 N–H and O–H groups in total. The molecule has 19 heavy (non-hydrogen) atoms. The fourth-order valence-corrected chi connectivity index (χ4v) is 2.83. The van der Waals surface area contributed by atoms with Crippen molar-refractivity contribution in [3.05, 3.63) is 28.3 Å². The molecular formula is C15H20ClNO2. The van der Waals surface area contributed by atoms with Gasteiger partial charge in [0.15, 0.2) is 0 Å². The maximum Gasteiger partial charge on any atom is 0.142 e. The van der Waals surface area contributed by atoms with Gasteiger partial charge in [0.25, 0.3) is 0 Å². The summed E-state index contributed by atoms with van der Waals surface area (Å²) in [5.74, 6) is 1.23. The predicted octanol–water partition coefficient (Wildman–Crippen LogP) is 3.07. The number of carbonyl (C=O) groups is 1. The van der Waals surface area contributed by atoms with Crippen LogP contribution < -0.4 is 4.74 Å². The second-order valence-electron chi connectivity index (χ2n) is 5.57. The summed E-state index contributed by atoms with van der Waals surface area (Å²) >= 11 is 6.23. The molecule has 0 fully saturated rings. The highest BCUT2D eigenvalue weighted by atomic mass is 35.5. The molecule has 1 aromatic rings. The number of halogens is 1. The van der Waals surface area contributed by atoms with Crippen LogP contribution in [0.3, 0.4) is 0 Å². The van der Waals surface area contributed by atoms with Crippen LogP contribution >= 0.6 is 11.6 Å². The van der Waals surface area contributed by atoms with Gasteiger partial charge in [0, 0.05) is 18.7 Å². The van der Waals surface area contributed by atoms with E-state index in [0.29, 0.717) is 24.1 Å². The SMILES string of the molecule is Cc1cc(Cl)c2c(c1)CN(CC(C)C)C(C=O)CO2. The Morgan fingerprint density at radius 2 is 2.26 bits per heavy atom. The van der Waals surface area contributed by atoms with Gasteiger partial charge in [-0.3, -0.25) is 4.90 Å². The molecule has 1 unspecified atom stereocenters. The van der Waals surface area contributed by atoms with Crippen LogP contribution in [0.4, 0.5) is 0 Å². The van der Waals surface area contributed by atoms with Gasteiger partial charge in [-0.2, -0.15) is 0 Å². The lowest BCUT2D eigenvalue weighted by Gasteiger charge is -2.26. The second-order valence-corrected chi connectivity index (χ2v) is 5.98. The molecule has 0 saturated carbocycles. The number of ether oxygens (including phenoxy) is 1. The van der Waals surface area contributed by atoms with Gasteiger partial charge in [0.2, 0.25) is 0 Å². The van der Waals surface area contributed by atoms with Gasteiger partial charge >= 0.3 is 0 Å². The topological polar surface area (TPSA) is 29.5 Å². The summed E-state index contributed by atoms with van der Waals surface area (Å²) < 4.78 is 5.74. The van der Waals surface area contributed by atoms with Gasteiger partial charge in [-0.25, -0.2) is 0 Å². The Hall–Kier alpha value is -1.06. The number of rotatable bonds is 3. The summed E-state index contributed by atoms with van der Waals surface area (Å²) in [5.41, 5.74) is 2.18. The largest absolute Gasteiger partial charge is 0.490 e. The number of nitrogens with zero attached hydrogens (tertiary/aromatic N) is 1. The number of carbonyl (C=O) groups excluding carboxylic acids is 1. The molecule has 2 rings (SSSR count). The second kappa shape index (κ2) is 5.93. The third kappa shape index (κ3) is 3.28. The van der Waals surface area contributed by atoms with Gasteiger partial charge in [0.05, 0.1) is 5.02 Å². The summed E-state index contributed by atoms with van der Waals surface area (Å²) in [6.07, 6.45) is 0.967. The fraction of sp³-hybridized carbons (Fsp3) is 0.533. The van der Waals surface area contributed by atoms with Crippen molar-refractivity contribution in [3.8, 4) is 5.75 Å². The van der Waals surface area contributed by atoms with Crippen LogP contribution in [-0.2, 0) is 11.3 Å². The lowest BCUT2D eigenvalue weighted by atomic mass is 10.1. The smallest absolute Gasteiger partial charge is 0.142 e. The summed E-state index contributed by atoms with van der Waals surface area (Å²) in [4.78, 5) is 13.4. The molecule has 0 spiro atoms. The molecule has 0 bridgehead atoms. The van der Waals surface area contributed by atoms with Crippen molar-refractivity contribution in [2.75, 3.05) is 13.2 Å². The van der Waals surface area contributed by atoms with Crippen LogP contribution in [0.2, 0.25) is 5.02 Å². The van der Waals surface area contributed by atoms with Crippen molar-refractivity contribution in [2.24, 2.45) is 5.92 Å². The minimum absolute atomic E-state index is 0.203. The maximum atomic E-state index is 11.3. The summed E-state index contributed by atoms with van der Waals surface area (Å²) in [6, 6.07) is 3.78. The summed E-state index contributed by atoms with van der Waals surface area (Å²) in [7, 11) is 0. The molecule has 104 valence electrons. The van der Waals surface area contributed by atoms with Crippen LogP contribution in [0.1, 0.15) is 25.0 Å². The van der Waals surface area contributed by atoms with Crippen molar-refractivity contribution in [2.45, 2.75) is 33.4 Å². The third-order valence-electron chi connectivity index (χ3n) is 3.26. The highest BCUT2D eigenvalue weighted by Crippen LogP contribution is 2.33. The molecular weight excluding hydrogens is 262 g/mol. The lowest BCUT2D eigenvalue weighted by molar-refractivity contribution is -0.113. The van der Waals surface area contributed by atoms with E-state index < -0.39 is 0 Å². The number of hydrogen-bond donors (Lipinski definition) is 0. The van der Waals surface area contributed by atoms with E-state index in [0.717, 1.165) is 29.7 Å². The Morgan fingerprint density at radius 3 is 2.89 bits per heavy atom. The minimum atomic E-state index is -0.203. The number of aldehydes is 1. The molecule has 1 aliphatic rings. The number of aryl methyl sites for hydroxylation is 1. The standard InChI is InChI=1S/C15H20ClNO2/c1-10(2)6-17-7-12-4-11(3)5-14(16)15(12)19-9-13(17)8-18/h4-5,8,10,13H,6-7,9H2,1-3H3. The average molecular weight is 282 g/mol. The normalized spacial score (nSPS) is 19.7. The first-order chi connectivity index (χ1) is 9.01. The molecule has 0 radical (unpaired) electrons. The molecule has 0 aliphatic carbocycles. The summed E-state index contributed by atoms with van der Waals surface area (Å²) in [6.45, 7) is 8.26. The van der Waals surface area contributed by atoms with E-state index in [4.69, 9.17) is 16.3 Å². The molecule has 1 aliphatic heterocycles. The maximum absolute atomic E-state index is 11.3. The van der Waals surface area contributed by atoms with Gasteiger partial charge in [-0.05, 0) is 24.5 Å². The zero-order valence-electron chi connectivity index (χ0n) is 11.6. The van der Waals surface area contributed by atoms with Crippen LogP contribution in [0.15, 0.2) is 12.1 Å². The quantitative estimate of drug-likeness (QED) is 0.798. The molecule has 1 atom stereocenters. The van der Waals surface area contributed by atoms with E-state index in [1.165, 1.54) is 0 Å². The van der Waals surface area contributed by atoms with E-state index in [2.05, 4.69) is 24.8 Å². The van der Waals surface area contributed by atoms with Crippen molar-refractivity contribution < 1.29 is 9.53 Å². The molecule has 0 amide bonds. The first kappa shape index (κ1) is 14.4. The van der Waals surface area contributed by atoms with E-state index in [1.54, 1.807) is 0 Å². The van der Waals surface area contributed by atoms with E-state index in [1.807, 2.05) is 13.0 Å². The van der Waals surface area contributed by atoms with E-state index in [9.17, 15) is 4.79 Å². The summed E-state index contributed by atoms with van der Waals surface area (Å²) in [5, 5.41) is 0.631. The molecule has 1 aromatic carbocycles. The first-order valence-corrected chi connectivity index (χ1v) is 7.00. The molecule has 0 saturated heterocycles. The Morgan fingerprint density at radius 1 is 1.53 bits per heavy atom.